The van der Waals surface area contributed by atoms with Crippen molar-refractivity contribution in [1.29, 1.82) is 0 Å². The second-order valence-corrected chi connectivity index (χ2v) is 5.01. The predicted octanol–water partition coefficient (Wildman–Crippen LogP) is 2.02. The molecule has 2 aromatic rings. The maximum Gasteiger partial charge on any atom is 0.275 e. The summed E-state index contributed by atoms with van der Waals surface area (Å²) in [4.78, 5) is 16.3. The van der Waals surface area contributed by atoms with Gasteiger partial charge in [-0.3, -0.25) is 4.79 Å². The van der Waals surface area contributed by atoms with Crippen LogP contribution < -0.4 is 11.1 Å². The summed E-state index contributed by atoms with van der Waals surface area (Å²) in [6, 6.07) is 4.10. The van der Waals surface area contributed by atoms with Gasteiger partial charge >= 0.3 is 0 Å². The Balaban J connectivity index is 2.19. The third-order valence-electron chi connectivity index (χ3n) is 3.17. The lowest BCUT2D eigenvalue weighted by molar-refractivity contribution is 0.102. The molecule has 0 aliphatic rings. The normalized spacial score (nSPS) is 10.6. The van der Waals surface area contributed by atoms with E-state index in [1.165, 1.54) is 5.56 Å². The van der Waals surface area contributed by atoms with Crippen LogP contribution in [0.1, 0.15) is 27.2 Å². The van der Waals surface area contributed by atoms with Crippen LogP contribution in [0.4, 0.5) is 5.69 Å². The van der Waals surface area contributed by atoms with Crippen LogP contribution in [0.3, 0.4) is 0 Å². The van der Waals surface area contributed by atoms with Crippen molar-refractivity contribution in [2.75, 3.05) is 11.9 Å². The molecular formula is C15H20N4O. The minimum absolute atomic E-state index is 0.198. The number of amides is 1. The third kappa shape index (κ3) is 3.05. The lowest BCUT2D eigenvalue weighted by atomic mass is 10.1. The Bertz CT molecular complexity index is 608. The van der Waals surface area contributed by atoms with Crippen molar-refractivity contribution in [1.82, 2.24) is 9.55 Å². The van der Waals surface area contributed by atoms with Crippen molar-refractivity contribution in [2.45, 2.75) is 27.3 Å². The average Bonchev–Trinajstić information content (AvgIpc) is 2.82. The molecule has 0 saturated carbocycles. The third-order valence-corrected chi connectivity index (χ3v) is 3.17. The van der Waals surface area contributed by atoms with Crippen molar-refractivity contribution in [3.8, 4) is 0 Å². The van der Waals surface area contributed by atoms with Gasteiger partial charge in [0.05, 0.1) is 6.33 Å². The summed E-state index contributed by atoms with van der Waals surface area (Å²) < 4.78 is 1.81. The second kappa shape index (κ2) is 5.88. The van der Waals surface area contributed by atoms with Crippen LogP contribution >= 0.6 is 0 Å². The monoisotopic (exact) mass is 272 g/mol. The van der Waals surface area contributed by atoms with E-state index < -0.39 is 0 Å². The summed E-state index contributed by atoms with van der Waals surface area (Å²) in [7, 11) is 0. The van der Waals surface area contributed by atoms with E-state index in [9.17, 15) is 4.79 Å². The molecule has 0 fully saturated rings. The van der Waals surface area contributed by atoms with Crippen LogP contribution in [-0.2, 0) is 6.54 Å². The SMILES string of the molecule is Cc1cc(C)c(NC(=O)c2cn(CCN)cn2)c(C)c1. The Labute approximate surface area is 118 Å². The quantitative estimate of drug-likeness (QED) is 0.894. The number of nitrogens with zero attached hydrogens (tertiary/aromatic N) is 2. The van der Waals surface area contributed by atoms with E-state index in [0.29, 0.717) is 18.8 Å². The maximum atomic E-state index is 12.2. The molecule has 1 aromatic heterocycles. The number of imidazole rings is 1. The molecule has 5 heteroatoms. The van der Waals surface area contributed by atoms with Gasteiger partial charge in [0.2, 0.25) is 0 Å². The predicted molar refractivity (Wildman–Crippen MR) is 79.9 cm³/mol. The summed E-state index contributed by atoms with van der Waals surface area (Å²) in [5.74, 6) is -0.198. The first-order valence-corrected chi connectivity index (χ1v) is 6.62. The highest BCUT2D eigenvalue weighted by Crippen LogP contribution is 2.22. The largest absolute Gasteiger partial charge is 0.335 e. The molecule has 0 atom stereocenters. The van der Waals surface area contributed by atoms with Gasteiger partial charge < -0.3 is 15.6 Å². The zero-order chi connectivity index (χ0) is 14.7. The van der Waals surface area contributed by atoms with E-state index in [2.05, 4.69) is 22.4 Å². The van der Waals surface area contributed by atoms with Gasteiger partial charge in [-0.2, -0.15) is 0 Å². The molecule has 0 unspecified atom stereocenters. The lowest BCUT2D eigenvalue weighted by Gasteiger charge is -2.11. The van der Waals surface area contributed by atoms with Crippen molar-refractivity contribution in [3.63, 3.8) is 0 Å². The molecule has 0 aliphatic carbocycles. The number of aryl methyl sites for hydroxylation is 3. The zero-order valence-corrected chi connectivity index (χ0v) is 12.1. The second-order valence-electron chi connectivity index (χ2n) is 5.01. The molecule has 20 heavy (non-hydrogen) atoms. The van der Waals surface area contributed by atoms with Gasteiger partial charge in [-0.1, -0.05) is 17.7 Å². The van der Waals surface area contributed by atoms with E-state index in [0.717, 1.165) is 16.8 Å². The number of carbonyl (C=O) groups is 1. The molecular weight excluding hydrogens is 252 g/mol. The standard InChI is InChI=1S/C15H20N4O/c1-10-6-11(2)14(12(3)7-10)18-15(20)13-8-19(5-4-16)9-17-13/h6-9H,4-5,16H2,1-3H3,(H,18,20). The molecule has 0 saturated heterocycles. The fraction of sp³-hybridized carbons (Fsp3) is 0.333. The van der Waals surface area contributed by atoms with E-state index in [-0.39, 0.29) is 5.91 Å². The molecule has 106 valence electrons. The van der Waals surface area contributed by atoms with Gasteiger partial charge in [-0.15, -0.1) is 0 Å². The minimum atomic E-state index is -0.198. The van der Waals surface area contributed by atoms with Crippen LogP contribution in [0.25, 0.3) is 0 Å². The van der Waals surface area contributed by atoms with Gasteiger partial charge in [0, 0.05) is 25.0 Å². The fourth-order valence-electron chi connectivity index (χ4n) is 2.30. The van der Waals surface area contributed by atoms with Gasteiger partial charge in [0.25, 0.3) is 5.91 Å². The van der Waals surface area contributed by atoms with Crippen molar-refractivity contribution < 1.29 is 4.79 Å². The first-order valence-electron chi connectivity index (χ1n) is 6.62. The van der Waals surface area contributed by atoms with Gasteiger partial charge in [-0.05, 0) is 31.9 Å². The first-order chi connectivity index (χ1) is 9.51. The maximum absolute atomic E-state index is 12.2. The Morgan fingerprint density at radius 2 is 1.95 bits per heavy atom. The van der Waals surface area contributed by atoms with E-state index in [1.54, 1.807) is 12.5 Å². The Hall–Kier alpha value is -2.14. The smallest absolute Gasteiger partial charge is 0.275 e. The number of hydrogen-bond acceptors (Lipinski definition) is 3. The number of rotatable bonds is 4. The highest BCUT2D eigenvalue weighted by molar-refractivity contribution is 6.03. The van der Waals surface area contributed by atoms with Crippen molar-refractivity contribution >= 4 is 11.6 Å². The minimum Gasteiger partial charge on any atom is -0.335 e. The molecule has 1 aromatic carbocycles. The van der Waals surface area contributed by atoms with E-state index in [1.807, 2.05) is 25.3 Å². The van der Waals surface area contributed by atoms with Crippen LogP contribution in [0, 0.1) is 20.8 Å². The molecule has 2 rings (SSSR count). The number of anilines is 1. The average molecular weight is 272 g/mol. The number of benzene rings is 1. The van der Waals surface area contributed by atoms with Crippen LogP contribution in [0.15, 0.2) is 24.7 Å². The van der Waals surface area contributed by atoms with Gasteiger partial charge in [0.15, 0.2) is 0 Å². The summed E-state index contributed by atoms with van der Waals surface area (Å²) in [6.45, 7) is 7.20. The molecule has 1 amide bonds. The molecule has 5 nitrogen and oxygen atoms in total. The molecule has 0 spiro atoms. The summed E-state index contributed by atoms with van der Waals surface area (Å²) in [5, 5.41) is 2.93. The number of aromatic nitrogens is 2. The Morgan fingerprint density at radius 1 is 1.30 bits per heavy atom. The molecule has 1 heterocycles. The van der Waals surface area contributed by atoms with Crippen molar-refractivity contribution in [3.05, 3.63) is 47.0 Å². The van der Waals surface area contributed by atoms with Gasteiger partial charge in [0.1, 0.15) is 5.69 Å². The van der Waals surface area contributed by atoms with E-state index in [4.69, 9.17) is 5.73 Å². The Morgan fingerprint density at radius 3 is 2.55 bits per heavy atom. The first kappa shape index (κ1) is 14.3. The highest BCUT2D eigenvalue weighted by atomic mass is 16.1. The Kier molecular flexibility index (Phi) is 4.20. The molecule has 0 radical (unpaired) electrons. The molecule has 3 N–H and O–H groups in total. The fourth-order valence-corrected chi connectivity index (χ4v) is 2.30. The highest BCUT2D eigenvalue weighted by Gasteiger charge is 2.12. The number of hydrogen-bond donors (Lipinski definition) is 2. The van der Waals surface area contributed by atoms with E-state index >= 15 is 0 Å². The zero-order valence-electron chi connectivity index (χ0n) is 12.1. The van der Waals surface area contributed by atoms with Crippen LogP contribution in [0.5, 0.6) is 0 Å². The number of nitrogens with one attached hydrogen (secondary N) is 1. The summed E-state index contributed by atoms with van der Waals surface area (Å²) >= 11 is 0. The van der Waals surface area contributed by atoms with Crippen LogP contribution in [-0.4, -0.2) is 22.0 Å². The topological polar surface area (TPSA) is 72.9 Å². The molecule has 0 aliphatic heterocycles. The van der Waals surface area contributed by atoms with Crippen LogP contribution in [0.2, 0.25) is 0 Å². The lowest BCUT2D eigenvalue weighted by Crippen LogP contribution is -2.14. The van der Waals surface area contributed by atoms with Gasteiger partial charge in [-0.25, -0.2) is 4.98 Å². The molecule has 0 bridgehead atoms. The number of carbonyl (C=O) groups excluding carboxylic acids is 1. The van der Waals surface area contributed by atoms with Crippen molar-refractivity contribution in [2.24, 2.45) is 5.73 Å². The summed E-state index contributed by atoms with van der Waals surface area (Å²) in [6.07, 6.45) is 3.33. The number of nitrogens with two attached hydrogens (primary N) is 1. The summed E-state index contributed by atoms with van der Waals surface area (Å²) in [5.41, 5.74) is 10.0.